The number of carbonyl (C=O) groups is 2. The van der Waals surface area contributed by atoms with Crippen molar-refractivity contribution in [1.29, 1.82) is 0 Å². The first-order chi connectivity index (χ1) is 15.5. The SMILES string of the molecule is CC(C)OC(=O)c1c(NC(=O)c2cnn3c(-c4cccs4)ccnc23)sc2c1CCCC2. The van der Waals surface area contributed by atoms with Gasteiger partial charge in [0, 0.05) is 11.1 Å². The molecule has 32 heavy (non-hydrogen) atoms. The number of aromatic nitrogens is 3. The van der Waals surface area contributed by atoms with Crippen molar-refractivity contribution in [2.45, 2.75) is 45.6 Å². The van der Waals surface area contributed by atoms with E-state index in [4.69, 9.17) is 4.74 Å². The second-order valence-electron chi connectivity index (χ2n) is 7.92. The number of hydrogen-bond acceptors (Lipinski definition) is 7. The Morgan fingerprint density at radius 2 is 2.06 bits per heavy atom. The van der Waals surface area contributed by atoms with E-state index < -0.39 is 0 Å². The third-order valence-electron chi connectivity index (χ3n) is 5.36. The number of fused-ring (bicyclic) bond motifs is 2. The van der Waals surface area contributed by atoms with E-state index in [1.165, 1.54) is 17.5 Å². The molecule has 0 unspecified atom stereocenters. The molecular weight excluding hydrogens is 444 g/mol. The van der Waals surface area contributed by atoms with Gasteiger partial charge in [0.2, 0.25) is 0 Å². The van der Waals surface area contributed by atoms with E-state index in [1.54, 1.807) is 22.0 Å². The van der Waals surface area contributed by atoms with Crippen molar-refractivity contribution in [1.82, 2.24) is 14.6 Å². The maximum absolute atomic E-state index is 13.2. The van der Waals surface area contributed by atoms with Crippen LogP contribution in [0.3, 0.4) is 0 Å². The molecule has 0 saturated carbocycles. The zero-order valence-corrected chi connectivity index (χ0v) is 19.4. The molecule has 0 radical (unpaired) electrons. The number of esters is 1. The highest BCUT2D eigenvalue weighted by Gasteiger charge is 2.28. The second kappa shape index (κ2) is 8.48. The van der Waals surface area contributed by atoms with Gasteiger partial charge in [0.15, 0.2) is 5.65 Å². The van der Waals surface area contributed by atoms with Gasteiger partial charge in [-0.15, -0.1) is 22.7 Å². The fourth-order valence-electron chi connectivity index (χ4n) is 3.98. The Labute approximate surface area is 193 Å². The predicted octanol–water partition coefficient (Wildman–Crippen LogP) is 5.22. The minimum atomic E-state index is -0.382. The summed E-state index contributed by atoms with van der Waals surface area (Å²) in [4.78, 5) is 32.7. The number of nitrogens with one attached hydrogen (secondary N) is 1. The van der Waals surface area contributed by atoms with Crippen molar-refractivity contribution in [3.63, 3.8) is 0 Å². The number of rotatable bonds is 5. The first-order valence-electron chi connectivity index (χ1n) is 10.6. The lowest BCUT2D eigenvalue weighted by molar-refractivity contribution is 0.0378. The highest BCUT2D eigenvalue weighted by Crippen LogP contribution is 2.39. The fourth-order valence-corrected chi connectivity index (χ4v) is 5.98. The molecule has 0 bridgehead atoms. The molecule has 0 fully saturated rings. The third-order valence-corrected chi connectivity index (χ3v) is 7.46. The molecule has 5 rings (SSSR count). The summed E-state index contributed by atoms with van der Waals surface area (Å²) in [5.41, 5.74) is 3.21. The number of thiophene rings is 2. The number of anilines is 1. The summed E-state index contributed by atoms with van der Waals surface area (Å²) in [6.07, 6.45) is 6.83. The molecule has 0 aliphatic heterocycles. The highest BCUT2D eigenvalue weighted by atomic mass is 32.1. The first kappa shape index (κ1) is 20.8. The molecule has 0 saturated heterocycles. The molecule has 0 atom stereocenters. The van der Waals surface area contributed by atoms with Gasteiger partial charge in [0.1, 0.15) is 10.6 Å². The maximum Gasteiger partial charge on any atom is 0.341 e. The normalized spacial score (nSPS) is 13.3. The van der Waals surface area contributed by atoms with Gasteiger partial charge in [-0.25, -0.2) is 14.3 Å². The summed E-state index contributed by atoms with van der Waals surface area (Å²) in [6, 6.07) is 5.85. The van der Waals surface area contributed by atoms with Gasteiger partial charge < -0.3 is 10.1 Å². The molecule has 1 N–H and O–H groups in total. The van der Waals surface area contributed by atoms with Gasteiger partial charge in [-0.1, -0.05) is 6.07 Å². The van der Waals surface area contributed by atoms with Crippen LogP contribution in [-0.4, -0.2) is 32.6 Å². The third kappa shape index (κ3) is 3.71. The largest absolute Gasteiger partial charge is 0.459 e. The number of amides is 1. The molecule has 0 spiro atoms. The minimum Gasteiger partial charge on any atom is -0.459 e. The molecule has 0 aromatic carbocycles. The molecule has 1 aliphatic rings. The van der Waals surface area contributed by atoms with Gasteiger partial charge in [0.25, 0.3) is 5.91 Å². The predicted molar refractivity (Wildman–Crippen MR) is 126 cm³/mol. The molecule has 4 aromatic rings. The Kier molecular flexibility index (Phi) is 5.52. The number of hydrogen-bond donors (Lipinski definition) is 1. The Morgan fingerprint density at radius 3 is 2.84 bits per heavy atom. The van der Waals surface area contributed by atoms with Crippen LogP contribution in [0.1, 0.15) is 57.8 Å². The van der Waals surface area contributed by atoms with Crippen LogP contribution < -0.4 is 5.32 Å². The van der Waals surface area contributed by atoms with Crippen LogP contribution in [0.5, 0.6) is 0 Å². The number of ether oxygens (including phenoxy) is 1. The molecule has 9 heteroatoms. The molecular formula is C23H22N4O3S2. The molecule has 4 aromatic heterocycles. The van der Waals surface area contributed by atoms with E-state index in [1.807, 2.05) is 37.4 Å². The van der Waals surface area contributed by atoms with Gasteiger partial charge in [0.05, 0.1) is 28.4 Å². The van der Waals surface area contributed by atoms with Crippen molar-refractivity contribution in [2.24, 2.45) is 0 Å². The summed E-state index contributed by atoms with van der Waals surface area (Å²) in [5, 5.41) is 9.91. The van der Waals surface area contributed by atoms with Crippen molar-refractivity contribution >= 4 is 45.2 Å². The summed E-state index contributed by atoms with van der Waals surface area (Å²) in [5.74, 6) is -0.722. The minimum absolute atomic E-state index is 0.232. The lowest BCUT2D eigenvalue weighted by Crippen LogP contribution is -2.18. The molecule has 1 aliphatic carbocycles. The lowest BCUT2D eigenvalue weighted by atomic mass is 9.95. The molecule has 7 nitrogen and oxygen atoms in total. The van der Waals surface area contributed by atoms with E-state index >= 15 is 0 Å². The Bertz CT molecular complexity index is 1300. The van der Waals surface area contributed by atoms with Gasteiger partial charge in [-0.05, 0) is 62.6 Å². The van der Waals surface area contributed by atoms with E-state index in [0.717, 1.165) is 46.7 Å². The van der Waals surface area contributed by atoms with Crippen LogP contribution >= 0.6 is 22.7 Å². The van der Waals surface area contributed by atoms with Gasteiger partial charge >= 0.3 is 5.97 Å². The van der Waals surface area contributed by atoms with E-state index in [0.29, 0.717) is 21.8 Å². The second-order valence-corrected chi connectivity index (χ2v) is 9.98. The summed E-state index contributed by atoms with van der Waals surface area (Å²) >= 11 is 3.07. The maximum atomic E-state index is 13.2. The average Bonchev–Trinajstić information content (AvgIpc) is 3.50. The van der Waals surface area contributed by atoms with Crippen molar-refractivity contribution in [3.05, 3.63) is 57.5 Å². The van der Waals surface area contributed by atoms with Crippen LogP contribution in [0.15, 0.2) is 36.0 Å². The summed E-state index contributed by atoms with van der Waals surface area (Å²) < 4.78 is 7.16. The molecule has 4 heterocycles. The van der Waals surface area contributed by atoms with Crippen LogP contribution in [0, 0.1) is 0 Å². The average molecular weight is 467 g/mol. The number of aryl methyl sites for hydroxylation is 1. The van der Waals surface area contributed by atoms with E-state index in [2.05, 4.69) is 15.4 Å². The van der Waals surface area contributed by atoms with Crippen molar-refractivity contribution in [2.75, 3.05) is 5.32 Å². The van der Waals surface area contributed by atoms with Crippen molar-refractivity contribution < 1.29 is 14.3 Å². The Balaban J connectivity index is 1.51. The lowest BCUT2D eigenvalue weighted by Gasteiger charge is -2.14. The first-order valence-corrected chi connectivity index (χ1v) is 12.3. The topological polar surface area (TPSA) is 85.6 Å². The highest BCUT2D eigenvalue weighted by molar-refractivity contribution is 7.17. The number of nitrogens with zero attached hydrogens (tertiary/aromatic N) is 3. The van der Waals surface area contributed by atoms with Gasteiger partial charge in [-0.2, -0.15) is 5.10 Å². The standard InChI is InChI=1S/C23H22N4O3S2/c1-13(2)30-23(29)19-14-6-3-4-7-17(14)32-22(19)26-21(28)15-12-25-27-16(9-10-24-20(15)27)18-8-5-11-31-18/h5,8-13H,3-4,6-7H2,1-2H3,(H,26,28). The van der Waals surface area contributed by atoms with E-state index in [9.17, 15) is 9.59 Å². The Hall–Kier alpha value is -3.04. The van der Waals surface area contributed by atoms with Crippen molar-refractivity contribution in [3.8, 4) is 10.6 Å². The van der Waals surface area contributed by atoms with E-state index in [-0.39, 0.29) is 18.0 Å². The van der Waals surface area contributed by atoms with Crippen LogP contribution in [0.2, 0.25) is 0 Å². The quantitative estimate of drug-likeness (QED) is 0.408. The smallest absolute Gasteiger partial charge is 0.341 e. The number of carbonyl (C=O) groups excluding carboxylic acids is 2. The molecule has 1 amide bonds. The fraction of sp³-hybridized carbons (Fsp3) is 0.304. The molecule has 164 valence electrons. The van der Waals surface area contributed by atoms with Crippen LogP contribution in [0.25, 0.3) is 16.2 Å². The van der Waals surface area contributed by atoms with Gasteiger partial charge in [-0.3, -0.25) is 4.79 Å². The summed E-state index contributed by atoms with van der Waals surface area (Å²) in [7, 11) is 0. The summed E-state index contributed by atoms with van der Waals surface area (Å²) in [6.45, 7) is 3.65. The monoisotopic (exact) mass is 466 g/mol. The zero-order chi connectivity index (χ0) is 22.2. The van der Waals surface area contributed by atoms with Crippen LogP contribution in [-0.2, 0) is 17.6 Å². The Morgan fingerprint density at radius 1 is 1.22 bits per heavy atom. The van der Waals surface area contributed by atoms with Crippen LogP contribution in [0.4, 0.5) is 5.00 Å². The zero-order valence-electron chi connectivity index (χ0n) is 17.8.